The lowest BCUT2D eigenvalue weighted by atomic mass is 9.93. The number of carboxylic acid groups (broad SMARTS) is 1. The molecule has 0 atom stereocenters. The van der Waals surface area contributed by atoms with Crippen molar-refractivity contribution >= 4 is 23.3 Å². The van der Waals surface area contributed by atoms with E-state index < -0.39 is 17.3 Å². The van der Waals surface area contributed by atoms with Gasteiger partial charge in [-0.1, -0.05) is 0 Å². The molecule has 114 valence electrons. The number of nitrogens with two attached hydrogens (primary N) is 2. The summed E-state index contributed by atoms with van der Waals surface area (Å²) >= 11 is 0. The van der Waals surface area contributed by atoms with E-state index in [0.717, 1.165) is 25.0 Å². The van der Waals surface area contributed by atoms with Gasteiger partial charge in [-0.3, -0.25) is 4.79 Å². The van der Waals surface area contributed by atoms with Gasteiger partial charge in [0, 0.05) is 25.6 Å². The summed E-state index contributed by atoms with van der Waals surface area (Å²) in [6.07, 6.45) is 1.89. The first-order valence-corrected chi connectivity index (χ1v) is 6.74. The molecule has 0 aromatic heterocycles. The van der Waals surface area contributed by atoms with Crippen LogP contribution in [0.3, 0.4) is 0 Å². The van der Waals surface area contributed by atoms with Crippen molar-refractivity contribution in [1.82, 2.24) is 0 Å². The van der Waals surface area contributed by atoms with Crippen molar-refractivity contribution in [3.05, 3.63) is 23.5 Å². The molecule has 1 aliphatic heterocycles. The number of amides is 1. The van der Waals surface area contributed by atoms with Crippen LogP contribution in [-0.2, 0) is 4.79 Å². The Morgan fingerprint density at radius 3 is 2.48 bits per heavy atom. The zero-order valence-electron chi connectivity index (χ0n) is 11.5. The number of nitrogens with zero attached hydrogens (tertiary/aromatic N) is 1. The molecule has 0 radical (unpaired) electrons. The molecule has 0 spiro atoms. The van der Waals surface area contributed by atoms with E-state index in [1.54, 1.807) is 0 Å². The minimum atomic E-state index is -1.34. The van der Waals surface area contributed by atoms with Gasteiger partial charge in [-0.15, -0.1) is 0 Å². The van der Waals surface area contributed by atoms with Gasteiger partial charge in [-0.2, -0.15) is 0 Å². The SMILES string of the molecule is NC(=O)CC1CCN(c2cc(F)c(C(=O)O)cc2N)CC1. The van der Waals surface area contributed by atoms with Crippen molar-refractivity contribution in [2.75, 3.05) is 23.7 Å². The Balaban J connectivity index is 2.12. The summed E-state index contributed by atoms with van der Waals surface area (Å²) in [7, 11) is 0. The summed E-state index contributed by atoms with van der Waals surface area (Å²) in [6.45, 7) is 1.27. The third-order valence-corrected chi connectivity index (χ3v) is 3.79. The number of primary amides is 1. The highest BCUT2D eigenvalue weighted by atomic mass is 19.1. The van der Waals surface area contributed by atoms with Crippen molar-refractivity contribution in [1.29, 1.82) is 0 Å². The zero-order valence-corrected chi connectivity index (χ0v) is 11.5. The molecule has 0 aliphatic carbocycles. The van der Waals surface area contributed by atoms with Crippen LogP contribution in [0.2, 0.25) is 0 Å². The van der Waals surface area contributed by atoms with Crippen molar-refractivity contribution in [2.24, 2.45) is 11.7 Å². The number of carbonyl (C=O) groups is 2. The molecule has 1 aromatic carbocycles. The Labute approximate surface area is 121 Å². The first kappa shape index (κ1) is 15.1. The highest BCUT2D eigenvalue weighted by molar-refractivity contribution is 5.91. The number of carboxylic acids is 1. The van der Waals surface area contributed by atoms with Crippen molar-refractivity contribution < 1.29 is 19.1 Å². The molecule has 7 heteroatoms. The smallest absolute Gasteiger partial charge is 0.338 e. The third kappa shape index (κ3) is 3.42. The Hall–Kier alpha value is -2.31. The number of anilines is 2. The quantitative estimate of drug-likeness (QED) is 0.723. The molecule has 1 heterocycles. The fourth-order valence-electron chi connectivity index (χ4n) is 2.68. The number of hydrogen-bond donors (Lipinski definition) is 3. The molecule has 1 aliphatic rings. The summed E-state index contributed by atoms with van der Waals surface area (Å²) in [5.74, 6) is -2.22. The fraction of sp³-hybridized carbons (Fsp3) is 0.429. The second kappa shape index (κ2) is 5.99. The van der Waals surface area contributed by atoms with E-state index in [-0.39, 0.29) is 17.5 Å². The summed E-state index contributed by atoms with van der Waals surface area (Å²) in [4.78, 5) is 23.7. The van der Waals surface area contributed by atoms with Crippen LogP contribution in [0.4, 0.5) is 15.8 Å². The van der Waals surface area contributed by atoms with Crippen molar-refractivity contribution in [2.45, 2.75) is 19.3 Å². The van der Waals surface area contributed by atoms with Gasteiger partial charge in [0.15, 0.2) is 0 Å². The lowest BCUT2D eigenvalue weighted by molar-refractivity contribution is -0.119. The summed E-state index contributed by atoms with van der Waals surface area (Å²) < 4.78 is 13.8. The maximum Gasteiger partial charge on any atom is 0.338 e. The number of benzene rings is 1. The highest BCUT2D eigenvalue weighted by Crippen LogP contribution is 2.31. The number of nitrogen functional groups attached to an aromatic ring is 1. The molecular weight excluding hydrogens is 277 g/mol. The Morgan fingerprint density at radius 1 is 1.33 bits per heavy atom. The summed E-state index contributed by atoms with van der Waals surface area (Å²) in [6, 6.07) is 2.30. The molecule has 6 nitrogen and oxygen atoms in total. The van der Waals surface area contributed by atoms with Gasteiger partial charge in [0.1, 0.15) is 5.82 Å². The van der Waals surface area contributed by atoms with E-state index in [1.165, 1.54) is 0 Å². The van der Waals surface area contributed by atoms with E-state index >= 15 is 0 Å². The van der Waals surface area contributed by atoms with Crippen LogP contribution in [0.1, 0.15) is 29.6 Å². The molecule has 1 aromatic rings. The normalized spacial score (nSPS) is 16.0. The van der Waals surface area contributed by atoms with Gasteiger partial charge in [0.2, 0.25) is 5.91 Å². The van der Waals surface area contributed by atoms with E-state index in [1.807, 2.05) is 4.90 Å². The monoisotopic (exact) mass is 295 g/mol. The van der Waals surface area contributed by atoms with E-state index in [0.29, 0.717) is 25.2 Å². The van der Waals surface area contributed by atoms with Crippen LogP contribution in [0, 0.1) is 11.7 Å². The number of aromatic carboxylic acids is 1. The lowest BCUT2D eigenvalue weighted by Gasteiger charge is -2.34. The summed E-state index contributed by atoms with van der Waals surface area (Å²) in [5, 5.41) is 8.86. The molecule has 1 amide bonds. The first-order valence-electron chi connectivity index (χ1n) is 6.74. The second-order valence-corrected chi connectivity index (χ2v) is 5.30. The molecule has 0 unspecified atom stereocenters. The van der Waals surface area contributed by atoms with Gasteiger partial charge in [-0.25, -0.2) is 9.18 Å². The van der Waals surface area contributed by atoms with Gasteiger partial charge < -0.3 is 21.5 Å². The van der Waals surface area contributed by atoms with Crippen molar-refractivity contribution in [3.8, 4) is 0 Å². The van der Waals surface area contributed by atoms with Crippen LogP contribution in [0.5, 0.6) is 0 Å². The minimum absolute atomic E-state index is 0.238. The van der Waals surface area contributed by atoms with Gasteiger partial charge in [0.25, 0.3) is 0 Å². The molecule has 1 saturated heterocycles. The minimum Gasteiger partial charge on any atom is -0.478 e. The molecule has 21 heavy (non-hydrogen) atoms. The topological polar surface area (TPSA) is 110 Å². The van der Waals surface area contributed by atoms with Gasteiger partial charge in [-0.05, 0) is 24.8 Å². The van der Waals surface area contributed by atoms with Gasteiger partial charge in [0.05, 0.1) is 16.9 Å². The largest absolute Gasteiger partial charge is 0.478 e. The van der Waals surface area contributed by atoms with Crippen molar-refractivity contribution in [3.63, 3.8) is 0 Å². The standard InChI is InChI=1S/C14H18FN3O3/c15-10-7-12(11(16)6-9(10)14(20)21)18-3-1-8(2-4-18)5-13(17)19/h6-8H,1-5,16H2,(H2,17,19)(H,20,21). The third-order valence-electron chi connectivity index (χ3n) is 3.79. The number of halogens is 1. The van der Waals surface area contributed by atoms with E-state index in [9.17, 15) is 14.0 Å². The first-order chi connectivity index (χ1) is 9.88. The predicted molar refractivity (Wildman–Crippen MR) is 76.5 cm³/mol. The van der Waals surface area contributed by atoms with Crippen LogP contribution in [0.25, 0.3) is 0 Å². The molecular formula is C14H18FN3O3. The molecule has 5 N–H and O–H groups in total. The average molecular weight is 295 g/mol. The van der Waals surface area contributed by atoms with Crippen LogP contribution in [-0.4, -0.2) is 30.1 Å². The Morgan fingerprint density at radius 2 is 1.95 bits per heavy atom. The Kier molecular flexibility index (Phi) is 4.30. The van der Waals surface area contributed by atoms with Gasteiger partial charge >= 0.3 is 5.97 Å². The van der Waals surface area contributed by atoms with E-state index in [4.69, 9.17) is 16.6 Å². The lowest BCUT2D eigenvalue weighted by Crippen LogP contribution is -2.35. The second-order valence-electron chi connectivity index (χ2n) is 5.30. The number of piperidine rings is 1. The highest BCUT2D eigenvalue weighted by Gasteiger charge is 2.23. The molecule has 2 rings (SSSR count). The zero-order chi connectivity index (χ0) is 15.6. The Bertz CT molecular complexity index is 569. The average Bonchev–Trinajstić information content (AvgIpc) is 2.41. The van der Waals surface area contributed by atoms with E-state index in [2.05, 4.69) is 0 Å². The maximum atomic E-state index is 13.8. The molecule has 0 saturated carbocycles. The fourth-order valence-corrected chi connectivity index (χ4v) is 2.68. The number of rotatable bonds is 4. The predicted octanol–water partition coefficient (Wildman–Crippen LogP) is 1.20. The van der Waals surface area contributed by atoms with Crippen LogP contribution in [0.15, 0.2) is 12.1 Å². The number of carbonyl (C=O) groups excluding carboxylic acids is 1. The van der Waals surface area contributed by atoms with Crippen LogP contribution >= 0.6 is 0 Å². The number of hydrogen-bond acceptors (Lipinski definition) is 4. The summed E-state index contributed by atoms with van der Waals surface area (Å²) in [5.41, 5.74) is 11.3. The molecule has 0 bridgehead atoms. The maximum absolute atomic E-state index is 13.8. The molecule has 1 fully saturated rings. The van der Waals surface area contributed by atoms with Crippen LogP contribution < -0.4 is 16.4 Å².